The minimum Gasteiger partial charge on any atom is -0.497 e. The first-order valence-electron chi connectivity index (χ1n) is 10.1. The molecule has 6 heteroatoms. The summed E-state index contributed by atoms with van der Waals surface area (Å²) in [6.45, 7) is 4.75. The highest BCUT2D eigenvalue weighted by Crippen LogP contribution is 2.33. The highest BCUT2D eigenvalue weighted by Gasteiger charge is 2.40. The predicted octanol–water partition coefficient (Wildman–Crippen LogP) is 2.85. The molecule has 0 spiro atoms. The summed E-state index contributed by atoms with van der Waals surface area (Å²) in [7, 11) is 1.67. The topological polar surface area (TPSA) is 58.6 Å². The van der Waals surface area contributed by atoms with E-state index in [0.717, 1.165) is 56.2 Å². The summed E-state index contributed by atoms with van der Waals surface area (Å²) in [5, 5.41) is 0. The summed E-state index contributed by atoms with van der Waals surface area (Å²) in [5.41, 5.74) is 2.15. The lowest BCUT2D eigenvalue weighted by Gasteiger charge is -2.39. The Bertz CT molecular complexity index is 824. The number of anilines is 1. The average molecular weight is 380 g/mol. The molecule has 1 amide bonds. The van der Waals surface area contributed by atoms with E-state index in [2.05, 4.69) is 19.8 Å². The molecule has 3 heterocycles. The van der Waals surface area contributed by atoms with Gasteiger partial charge in [0.25, 0.3) is 0 Å². The van der Waals surface area contributed by atoms with Crippen LogP contribution in [0.4, 0.5) is 5.82 Å². The Labute approximate surface area is 166 Å². The average Bonchev–Trinajstić information content (AvgIpc) is 3.15. The number of carbonyl (C=O) groups excluding carboxylic acids is 1. The van der Waals surface area contributed by atoms with Gasteiger partial charge in [0.05, 0.1) is 13.2 Å². The quantitative estimate of drug-likeness (QED) is 0.798. The van der Waals surface area contributed by atoms with Gasteiger partial charge in [-0.25, -0.2) is 9.97 Å². The van der Waals surface area contributed by atoms with Crippen LogP contribution in [-0.2, 0) is 11.2 Å². The third-order valence-corrected chi connectivity index (χ3v) is 6.08. The van der Waals surface area contributed by atoms with E-state index in [9.17, 15) is 4.79 Å². The summed E-state index contributed by atoms with van der Waals surface area (Å²) in [4.78, 5) is 26.0. The molecule has 2 aliphatic rings. The molecule has 28 heavy (non-hydrogen) atoms. The minimum atomic E-state index is 0.268. The van der Waals surface area contributed by atoms with Crippen LogP contribution < -0.4 is 9.64 Å². The zero-order valence-corrected chi connectivity index (χ0v) is 16.7. The van der Waals surface area contributed by atoms with Crippen molar-refractivity contribution in [3.63, 3.8) is 0 Å². The Morgan fingerprint density at radius 1 is 1.18 bits per heavy atom. The molecule has 1 aromatic heterocycles. The fourth-order valence-corrected chi connectivity index (χ4v) is 4.46. The van der Waals surface area contributed by atoms with Gasteiger partial charge in [-0.3, -0.25) is 4.79 Å². The first kappa shape index (κ1) is 18.7. The van der Waals surface area contributed by atoms with Crippen LogP contribution in [0.1, 0.15) is 30.5 Å². The number of aryl methyl sites for hydroxylation is 2. The van der Waals surface area contributed by atoms with Crippen LogP contribution in [0.2, 0.25) is 0 Å². The lowest BCUT2D eigenvalue weighted by Crippen LogP contribution is -2.50. The SMILES string of the molecule is COc1ccc(CCC(=O)N2CCC3CCN(c4cc(C)ncn4)CC32)cc1. The molecule has 0 saturated carbocycles. The lowest BCUT2D eigenvalue weighted by atomic mass is 9.92. The third-order valence-electron chi connectivity index (χ3n) is 6.08. The maximum Gasteiger partial charge on any atom is 0.223 e. The molecule has 2 fully saturated rings. The maximum atomic E-state index is 13.0. The number of amides is 1. The molecule has 0 radical (unpaired) electrons. The van der Waals surface area contributed by atoms with Gasteiger partial charge in [0.2, 0.25) is 5.91 Å². The van der Waals surface area contributed by atoms with Crippen molar-refractivity contribution >= 4 is 11.7 Å². The van der Waals surface area contributed by atoms with E-state index in [-0.39, 0.29) is 5.91 Å². The summed E-state index contributed by atoms with van der Waals surface area (Å²) >= 11 is 0. The number of piperidine rings is 1. The van der Waals surface area contributed by atoms with Crippen LogP contribution in [0.5, 0.6) is 5.75 Å². The number of methoxy groups -OCH3 is 1. The van der Waals surface area contributed by atoms with Gasteiger partial charge in [0, 0.05) is 37.8 Å². The van der Waals surface area contributed by atoms with Crippen molar-refractivity contribution in [1.82, 2.24) is 14.9 Å². The lowest BCUT2D eigenvalue weighted by molar-refractivity contribution is -0.132. The van der Waals surface area contributed by atoms with Crippen molar-refractivity contribution in [2.45, 2.75) is 38.6 Å². The second-order valence-electron chi connectivity index (χ2n) is 7.80. The smallest absolute Gasteiger partial charge is 0.223 e. The van der Waals surface area contributed by atoms with Crippen LogP contribution in [0.3, 0.4) is 0 Å². The summed E-state index contributed by atoms with van der Waals surface area (Å²) < 4.78 is 5.20. The van der Waals surface area contributed by atoms with Crippen molar-refractivity contribution in [3.8, 4) is 5.75 Å². The van der Waals surface area contributed by atoms with Gasteiger partial charge in [-0.2, -0.15) is 0 Å². The molecule has 2 saturated heterocycles. The van der Waals surface area contributed by atoms with Gasteiger partial charge in [-0.05, 0) is 49.8 Å². The summed E-state index contributed by atoms with van der Waals surface area (Å²) in [6.07, 6.45) is 5.20. The molecule has 4 rings (SSSR count). The first-order chi connectivity index (χ1) is 13.6. The number of fused-ring (bicyclic) bond motifs is 1. The van der Waals surface area contributed by atoms with Crippen molar-refractivity contribution < 1.29 is 9.53 Å². The van der Waals surface area contributed by atoms with E-state index >= 15 is 0 Å². The molecule has 6 nitrogen and oxygen atoms in total. The van der Waals surface area contributed by atoms with Gasteiger partial charge < -0.3 is 14.5 Å². The zero-order valence-electron chi connectivity index (χ0n) is 16.7. The monoisotopic (exact) mass is 380 g/mol. The molecule has 2 unspecified atom stereocenters. The Morgan fingerprint density at radius 3 is 2.71 bits per heavy atom. The van der Waals surface area contributed by atoms with E-state index < -0.39 is 0 Å². The molecule has 2 aliphatic heterocycles. The summed E-state index contributed by atoms with van der Waals surface area (Å²) in [5.74, 6) is 2.70. The van der Waals surface area contributed by atoms with Gasteiger partial charge >= 0.3 is 0 Å². The molecule has 2 atom stereocenters. The molecule has 2 aromatic rings. The van der Waals surface area contributed by atoms with Crippen molar-refractivity contribution in [3.05, 3.63) is 47.9 Å². The van der Waals surface area contributed by atoms with Crippen molar-refractivity contribution in [2.75, 3.05) is 31.6 Å². The molecule has 0 N–H and O–H groups in total. The second kappa shape index (κ2) is 8.17. The number of rotatable bonds is 5. The van der Waals surface area contributed by atoms with Gasteiger partial charge in [-0.1, -0.05) is 12.1 Å². The number of carbonyl (C=O) groups is 1. The van der Waals surface area contributed by atoms with E-state index in [1.807, 2.05) is 37.3 Å². The number of hydrogen-bond donors (Lipinski definition) is 0. The van der Waals surface area contributed by atoms with Gasteiger partial charge in [0.15, 0.2) is 0 Å². The molecular formula is C22H28N4O2. The Kier molecular flexibility index (Phi) is 5.46. The maximum absolute atomic E-state index is 13.0. The largest absolute Gasteiger partial charge is 0.497 e. The van der Waals surface area contributed by atoms with E-state index in [1.54, 1.807) is 13.4 Å². The van der Waals surface area contributed by atoms with Crippen molar-refractivity contribution in [1.29, 1.82) is 0 Å². The van der Waals surface area contributed by atoms with Crippen molar-refractivity contribution in [2.24, 2.45) is 5.92 Å². The van der Waals surface area contributed by atoms with E-state index in [1.165, 1.54) is 5.56 Å². The fraction of sp³-hybridized carbons (Fsp3) is 0.500. The number of nitrogens with zero attached hydrogens (tertiary/aromatic N) is 4. The van der Waals surface area contributed by atoms with Gasteiger partial charge in [0.1, 0.15) is 17.9 Å². The highest BCUT2D eigenvalue weighted by atomic mass is 16.5. The fourth-order valence-electron chi connectivity index (χ4n) is 4.46. The number of aromatic nitrogens is 2. The Hall–Kier alpha value is -2.63. The van der Waals surface area contributed by atoms with Crippen LogP contribution in [0.15, 0.2) is 36.7 Å². The number of benzene rings is 1. The van der Waals surface area contributed by atoms with Crippen LogP contribution in [-0.4, -0.2) is 53.6 Å². The normalized spacial score (nSPS) is 21.5. The third kappa shape index (κ3) is 3.96. The molecule has 148 valence electrons. The number of likely N-dealkylation sites (tertiary alicyclic amines) is 1. The zero-order chi connectivity index (χ0) is 19.5. The van der Waals surface area contributed by atoms with E-state index in [4.69, 9.17) is 4.74 Å². The summed E-state index contributed by atoms with van der Waals surface area (Å²) in [6, 6.07) is 10.3. The highest BCUT2D eigenvalue weighted by molar-refractivity contribution is 5.77. The van der Waals surface area contributed by atoms with Crippen LogP contribution in [0, 0.1) is 12.8 Å². The number of hydrogen-bond acceptors (Lipinski definition) is 5. The minimum absolute atomic E-state index is 0.268. The number of ether oxygens (including phenoxy) is 1. The Morgan fingerprint density at radius 2 is 1.96 bits per heavy atom. The molecule has 1 aromatic carbocycles. The van der Waals surface area contributed by atoms with Crippen LogP contribution >= 0.6 is 0 Å². The molecule has 0 bridgehead atoms. The molecular weight excluding hydrogens is 352 g/mol. The standard InChI is InChI=1S/C22H28N4O2/c1-16-13-21(24-15-23-16)25-11-9-18-10-12-26(20(18)14-25)22(27)8-5-17-3-6-19(28-2)7-4-17/h3-4,6-7,13,15,18,20H,5,8-12,14H2,1-2H3. The first-order valence-corrected chi connectivity index (χ1v) is 10.1. The second-order valence-corrected chi connectivity index (χ2v) is 7.80. The van der Waals surface area contributed by atoms with Crippen LogP contribution in [0.25, 0.3) is 0 Å². The van der Waals surface area contributed by atoms with E-state index in [0.29, 0.717) is 18.4 Å². The van der Waals surface area contributed by atoms with Gasteiger partial charge in [-0.15, -0.1) is 0 Å². The molecule has 0 aliphatic carbocycles. The predicted molar refractivity (Wildman–Crippen MR) is 109 cm³/mol. The Balaban J connectivity index is 1.38.